The Morgan fingerprint density at radius 2 is 2.05 bits per heavy atom. The smallest absolute Gasteiger partial charge is 0.238 e. The molecule has 1 amide bonds. The molecule has 0 bridgehead atoms. The number of nitrogens with one attached hydrogen (secondary N) is 1. The molecule has 6 heteroatoms. The van der Waals surface area contributed by atoms with Gasteiger partial charge in [0.2, 0.25) is 5.91 Å². The monoisotopic (exact) mass is 317 g/mol. The van der Waals surface area contributed by atoms with Gasteiger partial charge in [0.05, 0.1) is 6.54 Å². The molecule has 0 aliphatic rings. The summed E-state index contributed by atoms with van der Waals surface area (Å²) < 4.78 is 13.4. The summed E-state index contributed by atoms with van der Waals surface area (Å²) in [5, 5.41) is 2.69. The molecule has 0 spiro atoms. The van der Waals surface area contributed by atoms with Crippen LogP contribution in [0.25, 0.3) is 0 Å². The summed E-state index contributed by atoms with van der Waals surface area (Å²) in [6.45, 7) is 7.32. The van der Waals surface area contributed by atoms with Crippen LogP contribution in [0, 0.1) is 18.2 Å². The van der Waals surface area contributed by atoms with E-state index in [0.717, 1.165) is 6.54 Å². The third-order valence-electron chi connectivity index (χ3n) is 3.12. The topological polar surface area (TPSA) is 58.4 Å². The number of aryl methyl sites for hydroxylation is 1. The summed E-state index contributed by atoms with van der Waals surface area (Å²) >= 11 is 0. The van der Waals surface area contributed by atoms with Crippen molar-refractivity contribution in [2.24, 2.45) is 11.1 Å². The lowest BCUT2D eigenvalue weighted by molar-refractivity contribution is -0.117. The molecule has 4 nitrogen and oxygen atoms in total. The van der Waals surface area contributed by atoms with E-state index in [2.05, 4.69) is 19.2 Å². The van der Waals surface area contributed by atoms with Gasteiger partial charge in [-0.15, -0.1) is 12.4 Å². The first-order valence-electron chi connectivity index (χ1n) is 6.68. The summed E-state index contributed by atoms with van der Waals surface area (Å²) in [4.78, 5) is 13.8. The number of halogens is 2. The molecule has 1 aromatic rings. The van der Waals surface area contributed by atoms with Gasteiger partial charge in [0.25, 0.3) is 0 Å². The van der Waals surface area contributed by atoms with Crippen molar-refractivity contribution in [3.8, 4) is 0 Å². The SMILES string of the molecule is Cc1ccc(NC(=O)CN(C)CC(C)(C)CN)cc1F.Cl. The van der Waals surface area contributed by atoms with Crippen LogP contribution in [0.15, 0.2) is 18.2 Å². The number of carbonyl (C=O) groups is 1. The van der Waals surface area contributed by atoms with E-state index in [1.165, 1.54) is 6.07 Å². The third kappa shape index (κ3) is 6.89. The molecule has 0 fully saturated rings. The van der Waals surface area contributed by atoms with Crippen molar-refractivity contribution in [3.05, 3.63) is 29.6 Å². The zero-order valence-electron chi connectivity index (χ0n) is 13.1. The molecule has 1 rings (SSSR count). The Labute approximate surface area is 132 Å². The van der Waals surface area contributed by atoms with Crippen molar-refractivity contribution in [2.75, 3.05) is 32.0 Å². The van der Waals surface area contributed by atoms with Crippen LogP contribution in [-0.2, 0) is 4.79 Å². The predicted molar refractivity (Wildman–Crippen MR) is 87.3 cm³/mol. The van der Waals surface area contributed by atoms with E-state index >= 15 is 0 Å². The minimum atomic E-state index is -0.319. The molecule has 1 aromatic carbocycles. The number of anilines is 1. The van der Waals surface area contributed by atoms with Crippen LogP contribution in [0.3, 0.4) is 0 Å². The number of likely N-dealkylation sites (N-methyl/N-ethyl adjacent to an activating group) is 1. The lowest BCUT2D eigenvalue weighted by Gasteiger charge is -2.28. The highest BCUT2D eigenvalue weighted by Crippen LogP contribution is 2.15. The maximum atomic E-state index is 13.4. The minimum absolute atomic E-state index is 0. The van der Waals surface area contributed by atoms with Crippen molar-refractivity contribution in [1.29, 1.82) is 0 Å². The van der Waals surface area contributed by atoms with E-state index in [1.807, 2.05) is 11.9 Å². The van der Waals surface area contributed by atoms with Crippen LogP contribution in [0.5, 0.6) is 0 Å². The van der Waals surface area contributed by atoms with Crippen LogP contribution in [0.1, 0.15) is 19.4 Å². The number of nitrogens with two attached hydrogens (primary N) is 1. The molecule has 0 saturated carbocycles. The molecule has 21 heavy (non-hydrogen) atoms. The summed E-state index contributed by atoms with van der Waals surface area (Å²) in [6, 6.07) is 4.67. The Morgan fingerprint density at radius 3 is 2.57 bits per heavy atom. The van der Waals surface area contributed by atoms with Gasteiger partial charge in [-0.2, -0.15) is 0 Å². The Kier molecular flexibility index (Phi) is 7.85. The Morgan fingerprint density at radius 1 is 1.43 bits per heavy atom. The lowest BCUT2D eigenvalue weighted by atomic mass is 9.93. The molecule has 3 N–H and O–H groups in total. The maximum Gasteiger partial charge on any atom is 0.238 e. The first-order valence-corrected chi connectivity index (χ1v) is 6.68. The highest BCUT2D eigenvalue weighted by molar-refractivity contribution is 5.92. The first kappa shape index (κ1) is 19.8. The second-order valence-electron chi connectivity index (χ2n) is 6.05. The number of nitrogens with zero attached hydrogens (tertiary/aromatic N) is 1. The highest BCUT2D eigenvalue weighted by Gasteiger charge is 2.19. The summed E-state index contributed by atoms with van der Waals surface area (Å²) in [5.41, 5.74) is 6.67. The summed E-state index contributed by atoms with van der Waals surface area (Å²) in [5.74, 6) is -0.482. The summed E-state index contributed by atoms with van der Waals surface area (Å²) in [6.07, 6.45) is 0. The minimum Gasteiger partial charge on any atom is -0.330 e. The Hall–Kier alpha value is -1.17. The molecule has 0 heterocycles. The van der Waals surface area contributed by atoms with Crippen molar-refractivity contribution >= 4 is 24.0 Å². The Bertz CT molecular complexity index is 480. The zero-order valence-corrected chi connectivity index (χ0v) is 13.9. The normalized spacial score (nSPS) is 11.2. The number of rotatable bonds is 6. The van der Waals surface area contributed by atoms with E-state index in [-0.39, 0.29) is 36.1 Å². The summed E-state index contributed by atoms with van der Waals surface area (Å²) in [7, 11) is 1.87. The third-order valence-corrected chi connectivity index (χ3v) is 3.12. The van der Waals surface area contributed by atoms with Gasteiger partial charge in [-0.1, -0.05) is 19.9 Å². The molecule has 120 valence electrons. The molecule has 0 unspecified atom stereocenters. The maximum absolute atomic E-state index is 13.4. The quantitative estimate of drug-likeness (QED) is 0.847. The van der Waals surface area contributed by atoms with Gasteiger partial charge in [0.1, 0.15) is 5.82 Å². The highest BCUT2D eigenvalue weighted by atomic mass is 35.5. The van der Waals surface area contributed by atoms with Gasteiger partial charge in [-0.3, -0.25) is 9.69 Å². The van der Waals surface area contributed by atoms with E-state index in [9.17, 15) is 9.18 Å². The first-order chi connectivity index (χ1) is 9.23. The fourth-order valence-corrected chi connectivity index (χ4v) is 1.97. The van der Waals surface area contributed by atoms with Crippen LogP contribution >= 0.6 is 12.4 Å². The van der Waals surface area contributed by atoms with Crippen LogP contribution in [0.2, 0.25) is 0 Å². The fraction of sp³-hybridized carbons (Fsp3) is 0.533. The van der Waals surface area contributed by atoms with Gasteiger partial charge in [0.15, 0.2) is 0 Å². The van der Waals surface area contributed by atoms with Gasteiger partial charge in [-0.05, 0) is 43.6 Å². The molecule has 0 aliphatic heterocycles. The number of carbonyl (C=O) groups excluding carboxylic acids is 1. The van der Waals surface area contributed by atoms with Crippen LogP contribution in [0.4, 0.5) is 10.1 Å². The fourth-order valence-electron chi connectivity index (χ4n) is 1.97. The molecule has 0 aliphatic carbocycles. The molecular formula is C15H25ClFN3O. The van der Waals surface area contributed by atoms with Gasteiger partial charge >= 0.3 is 0 Å². The second kappa shape index (κ2) is 8.32. The van der Waals surface area contributed by atoms with Crippen molar-refractivity contribution < 1.29 is 9.18 Å². The Balaban J connectivity index is 0.00000400. The number of hydrogen-bond acceptors (Lipinski definition) is 3. The van der Waals surface area contributed by atoms with E-state index in [0.29, 0.717) is 17.8 Å². The second-order valence-corrected chi connectivity index (χ2v) is 6.05. The molecule has 0 saturated heterocycles. The predicted octanol–water partition coefficient (Wildman–Crippen LogP) is 2.41. The van der Waals surface area contributed by atoms with E-state index in [4.69, 9.17) is 5.73 Å². The zero-order chi connectivity index (χ0) is 15.3. The average molecular weight is 318 g/mol. The van der Waals surface area contributed by atoms with Crippen molar-refractivity contribution in [2.45, 2.75) is 20.8 Å². The largest absolute Gasteiger partial charge is 0.330 e. The van der Waals surface area contributed by atoms with Gasteiger partial charge in [-0.25, -0.2) is 4.39 Å². The molecule has 0 aromatic heterocycles. The van der Waals surface area contributed by atoms with Crippen molar-refractivity contribution in [1.82, 2.24) is 4.90 Å². The molecule has 0 atom stereocenters. The average Bonchev–Trinajstić information content (AvgIpc) is 2.33. The standard InChI is InChI=1S/C15H24FN3O.ClH/c1-11-5-6-12(7-13(11)16)18-14(20)8-19(4)10-15(2,3)9-17;/h5-7H,8-10,17H2,1-4H3,(H,18,20);1H. The molecular weight excluding hydrogens is 293 g/mol. The van der Waals surface area contributed by atoms with Crippen molar-refractivity contribution in [3.63, 3.8) is 0 Å². The number of hydrogen-bond donors (Lipinski definition) is 2. The molecule has 0 radical (unpaired) electrons. The number of benzene rings is 1. The number of amides is 1. The van der Waals surface area contributed by atoms with Crippen LogP contribution in [-0.4, -0.2) is 37.5 Å². The van der Waals surface area contributed by atoms with Crippen LogP contribution < -0.4 is 11.1 Å². The van der Waals surface area contributed by atoms with E-state index in [1.54, 1.807) is 19.1 Å². The van der Waals surface area contributed by atoms with Gasteiger partial charge in [0, 0.05) is 12.2 Å². The lowest BCUT2D eigenvalue weighted by Crippen LogP contribution is -2.40. The van der Waals surface area contributed by atoms with E-state index < -0.39 is 0 Å². The van der Waals surface area contributed by atoms with Gasteiger partial charge < -0.3 is 11.1 Å².